The van der Waals surface area contributed by atoms with Crippen LogP contribution < -0.4 is 31.9 Å². The second-order valence-electron chi connectivity index (χ2n) is 16.4. The second kappa shape index (κ2) is 13.7. The lowest BCUT2D eigenvalue weighted by atomic mass is 9.62. The molecule has 7 N–H and O–H groups in total. The van der Waals surface area contributed by atoms with Gasteiger partial charge in [0, 0.05) is 50.4 Å². The molecule has 4 aliphatic rings. The molecule has 0 radical (unpaired) electrons. The summed E-state index contributed by atoms with van der Waals surface area (Å²) in [5.74, 6) is 0. The maximum Gasteiger partial charge on any atom is 0.407 e. The lowest BCUT2D eigenvalue weighted by Gasteiger charge is -2.47. The van der Waals surface area contributed by atoms with E-state index in [2.05, 4.69) is 85.3 Å². The molecular formula is C33H61N7O4. The van der Waals surface area contributed by atoms with E-state index in [1.54, 1.807) is 0 Å². The van der Waals surface area contributed by atoms with Gasteiger partial charge in [0.25, 0.3) is 0 Å². The van der Waals surface area contributed by atoms with Crippen LogP contribution in [-0.4, -0.2) is 86.1 Å². The van der Waals surface area contributed by atoms with Gasteiger partial charge in [-0.25, -0.2) is 9.59 Å². The number of aliphatic hydroxyl groups is 1. The number of carbonyl (C=O) groups is 2. The number of nitrogens with one attached hydrogen (secondary N) is 6. The minimum Gasteiger partial charge on any atom is -0.449 e. The van der Waals surface area contributed by atoms with Crippen LogP contribution in [0.15, 0.2) is 11.3 Å². The molecule has 0 aromatic heterocycles. The number of carbonyl (C=O) groups excluding carboxylic acids is 2. The molecular weight excluding hydrogens is 558 g/mol. The quantitative estimate of drug-likeness (QED) is 0.174. The summed E-state index contributed by atoms with van der Waals surface area (Å²) >= 11 is 0. The van der Waals surface area contributed by atoms with Gasteiger partial charge >= 0.3 is 12.1 Å². The number of alkyl carbamates (subject to hydrolysis) is 1. The number of aliphatic hydroxyl groups excluding tert-OH is 1. The largest absolute Gasteiger partial charge is 0.449 e. The summed E-state index contributed by atoms with van der Waals surface area (Å²) in [5.41, 5.74) is 1.94. The molecule has 2 aliphatic heterocycles. The van der Waals surface area contributed by atoms with Crippen molar-refractivity contribution in [3.05, 3.63) is 11.3 Å². The van der Waals surface area contributed by atoms with Gasteiger partial charge in [-0.15, -0.1) is 0 Å². The van der Waals surface area contributed by atoms with Crippen LogP contribution in [0.4, 0.5) is 9.59 Å². The molecule has 3 fully saturated rings. The molecule has 1 saturated heterocycles. The Hall–Kier alpha value is -2.08. The molecule has 0 aromatic carbocycles. The van der Waals surface area contributed by atoms with Crippen LogP contribution >= 0.6 is 0 Å². The fourth-order valence-electron chi connectivity index (χ4n) is 8.88. The van der Waals surface area contributed by atoms with Crippen molar-refractivity contribution in [3.8, 4) is 0 Å². The van der Waals surface area contributed by atoms with Crippen LogP contribution in [-0.2, 0) is 4.74 Å². The Bertz CT molecular complexity index is 1060. The first-order chi connectivity index (χ1) is 20.5. The zero-order chi connectivity index (χ0) is 32.3. The highest BCUT2D eigenvalue weighted by Gasteiger charge is 2.45. The van der Waals surface area contributed by atoms with Gasteiger partial charge in [-0.3, -0.25) is 10.2 Å². The Kier molecular flexibility index (Phi) is 10.9. The molecule has 2 aliphatic carbocycles. The maximum atomic E-state index is 12.8. The second-order valence-corrected chi connectivity index (χ2v) is 16.4. The molecule has 6 unspecified atom stereocenters. The Balaban J connectivity index is 1.18. The van der Waals surface area contributed by atoms with Crippen LogP contribution in [0.1, 0.15) is 100 Å². The predicted octanol–water partition coefficient (Wildman–Crippen LogP) is 3.57. The van der Waals surface area contributed by atoms with Crippen molar-refractivity contribution in [2.45, 2.75) is 125 Å². The number of rotatable bonds is 11. The normalized spacial score (nSPS) is 34.9. The number of nitrogens with zero attached hydrogens (tertiary/aromatic N) is 1. The Morgan fingerprint density at radius 1 is 0.955 bits per heavy atom. The van der Waals surface area contributed by atoms with Gasteiger partial charge in [0.2, 0.25) is 0 Å². The first-order valence-corrected chi connectivity index (χ1v) is 16.8. The third kappa shape index (κ3) is 9.96. The fourth-order valence-corrected chi connectivity index (χ4v) is 8.88. The summed E-state index contributed by atoms with van der Waals surface area (Å²) in [4.78, 5) is 27.9. The minimum atomic E-state index is -0.968. The van der Waals surface area contributed by atoms with Crippen molar-refractivity contribution >= 4 is 12.1 Å². The van der Waals surface area contributed by atoms with Crippen molar-refractivity contribution in [1.82, 2.24) is 36.8 Å². The molecule has 2 saturated carbocycles. The van der Waals surface area contributed by atoms with E-state index in [4.69, 9.17) is 4.74 Å². The van der Waals surface area contributed by atoms with Gasteiger partial charge in [0.05, 0.1) is 6.61 Å². The highest BCUT2D eigenvalue weighted by molar-refractivity contribution is 5.74. The molecule has 6 atom stereocenters. The third-order valence-corrected chi connectivity index (χ3v) is 10.1. The van der Waals surface area contributed by atoms with Crippen LogP contribution in [0.25, 0.3) is 0 Å². The van der Waals surface area contributed by atoms with E-state index in [1.807, 2.05) is 6.92 Å². The molecule has 0 bridgehead atoms. The molecule has 2 heterocycles. The molecule has 3 amide bonds. The average Bonchev–Trinajstić information content (AvgIpc) is 3.72. The number of hydrogen-bond donors (Lipinski definition) is 7. The first-order valence-electron chi connectivity index (χ1n) is 16.8. The maximum absolute atomic E-state index is 12.8. The molecule has 11 nitrogen and oxygen atoms in total. The van der Waals surface area contributed by atoms with Gasteiger partial charge in [0.15, 0.2) is 6.29 Å². The number of ether oxygens (including phenoxy) is 1. The highest BCUT2D eigenvalue weighted by Crippen LogP contribution is 2.48. The number of amides is 3. The smallest absolute Gasteiger partial charge is 0.407 e. The monoisotopic (exact) mass is 619 g/mol. The SMILES string of the molecule is CCNC1CC(C)(C)CC(C)(CNC(=O)OCCC2=C(C)NC(NC(=O)NCC3(C)CC(N4CC4)CC(C)(C)C3)NC2O)C1. The van der Waals surface area contributed by atoms with E-state index >= 15 is 0 Å². The van der Waals surface area contributed by atoms with Crippen molar-refractivity contribution in [2.24, 2.45) is 21.7 Å². The van der Waals surface area contributed by atoms with Gasteiger partial charge < -0.3 is 36.4 Å². The van der Waals surface area contributed by atoms with E-state index in [0.29, 0.717) is 37.2 Å². The summed E-state index contributed by atoms with van der Waals surface area (Å²) in [5, 5.41) is 29.5. The standard InChI is InChI=1S/C33H61N7O4/c1-9-34-23-14-30(3,4)18-32(7,15-23)21-36-29(43)44-13-10-25-22(2)37-27(38-26(25)41)39-28(42)35-20-33(8)17-24(40-11-12-40)16-31(5,6)19-33/h23-24,26-27,34,37-38,41H,9-21H2,1-8H3,(H,36,43)(H2,35,39,42). The van der Waals surface area contributed by atoms with Gasteiger partial charge in [-0.1, -0.05) is 48.5 Å². The summed E-state index contributed by atoms with van der Waals surface area (Å²) in [6.45, 7) is 22.4. The van der Waals surface area contributed by atoms with E-state index in [0.717, 1.165) is 44.3 Å². The van der Waals surface area contributed by atoms with E-state index in [-0.39, 0.29) is 34.3 Å². The van der Waals surface area contributed by atoms with Crippen molar-refractivity contribution in [1.29, 1.82) is 0 Å². The number of urea groups is 1. The topological polar surface area (TPSA) is 139 Å². The summed E-state index contributed by atoms with van der Waals surface area (Å²) in [6, 6.07) is 0.762. The van der Waals surface area contributed by atoms with Crippen molar-refractivity contribution in [3.63, 3.8) is 0 Å². The number of allylic oxidation sites excluding steroid dienone is 1. The van der Waals surface area contributed by atoms with Crippen LogP contribution in [0.2, 0.25) is 0 Å². The van der Waals surface area contributed by atoms with Crippen LogP contribution in [0.5, 0.6) is 0 Å². The van der Waals surface area contributed by atoms with Crippen LogP contribution in [0.3, 0.4) is 0 Å². The molecule has 0 spiro atoms. The summed E-state index contributed by atoms with van der Waals surface area (Å²) < 4.78 is 5.49. The Morgan fingerprint density at radius 3 is 2.23 bits per heavy atom. The van der Waals surface area contributed by atoms with Crippen molar-refractivity contribution < 1.29 is 19.4 Å². The van der Waals surface area contributed by atoms with E-state index in [9.17, 15) is 14.7 Å². The Labute approximate surface area is 265 Å². The zero-order valence-electron chi connectivity index (χ0n) is 28.6. The molecule has 0 aromatic rings. The van der Waals surface area contributed by atoms with Gasteiger partial charge in [0.1, 0.15) is 6.23 Å². The third-order valence-electron chi connectivity index (χ3n) is 10.1. The molecule has 11 heteroatoms. The van der Waals surface area contributed by atoms with Crippen molar-refractivity contribution in [2.75, 3.05) is 39.3 Å². The molecule has 44 heavy (non-hydrogen) atoms. The van der Waals surface area contributed by atoms with E-state index < -0.39 is 18.6 Å². The summed E-state index contributed by atoms with van der Waals surface area (Å²) in [7, 11) is 0. The first kappa shape index (κ1) is 34.8. The van der Waals surface area contributed by atoms with Gasteiger partial charge in [-0.2, -0.15) is 0 Å². The van der Waals surface area contributed by atoms with E-state index in [1.165, 1.54) is 19.5 Å². The molecule has 252 valence electrons. The van der Waals surface area contributed by atoms with Crippen LogP contribution in [0, 0.1) is 21.7 Å². The highest BCUT2D eigenvalue weighted by atomic mass is 16.5. The molecule has 4 rings (SSSR count). The Morgan fingerprint density at radius 2 is 1.59 bits per heavy atom. The summed E-state index contributed by atoms with van der Waals surface area (Å²) in [6.07, 6.45) is 4.92. The average molecular weight is 620 g/mol. The van der Waals surface area contributed by atoms with Gasteiger partial charge in [-0.05, 0) is 79.2 Å². The zero-order valence-corrected chi connectivity index (χ0v) is 28.6. The lowest BCUT2D eigenvalue weighted by Crippen LogP contribution is -2.62. The predicted molar refractivity (Wildman–Crippen MR) is 174 cm³/mol. The minimum absolute atomic E-state index is 0.00367. The lowest BCUT2D eigenvalue weighted by molar-refractivity contribution is 0.0519. The fraction of sp³-hybridized carbons (Fsp3) is 0.879. The number of hydrogen-bond acceptors (Lipinski definition) is 8.